The number of halogens is 4. The number of nitrogens with one attached hydrogen (secondary N) is 1. The first-order valence-corrected chi connectivity index (χ1v) is 6.14. The summed E-state index contributed by atoms with van der Waals surface area (Å²) in [5.41, 5.74) is 0.435. The summed E-state index contributed by atoms with van der Waals surface area (Å²) < 4.78 is 13.8. The molecule has 6 heteroatoms. The van der Waals surface area contributed by atoms with Crippen LogP contribution in [0.4, 0.5) is 15.9 Å². The molecule has 0 aliphatic heterocycles. The first kappa shape index (κ1) is 12.6. The lowest BCUT2D eigenvalue weighted by molar-refractivity contribution is 0.628. The molecular weight excluding hydrogens is 330 g/mol. The lowest BCUT2D eigenvalue weighted by Gasteiger charge is -2.09. The SMILES string of the molecule is Fc1cc(Cl)c(Nc2ccc(Br)cn2)c(Cl)c1. The van der Waals surface area contributed by atoms with Gasteiger partial charge in [-0.2, -0.15) is 0 Å². The summed E-state index contributed by atoms with van der Waals surface area (Å²) in [4.78, 5) is 4.11. The highest BCUT2D eigenvalue weighted by atomic mass is 79.9. The molecule has 0 aliphatic carbocycles. The van der Waals surface area contributed by atoms with Crippen molar-refractivity contribution < 1.29 is 4.39 Å². The molecule has 88 valence electrons. The minimum absolute atomic E-state index is 0.208. The second-order valence-corrected chi connectivity index (χ2v) is 4.96. The van der Waals surface area contributed by atoms with Gasteiger partial charge in [-0.1, -0.05) is 23.2 Å². The number of pyridine rings is 1. The summed E-state index contributed by atoms with van der Waals surface area (Å²) in [6, 6.07) is 5.95. The number of benzene rings is 1. The molecule has 1 aromatic carbocycles. The van der Waals surface area contributed by atoms with Crippen LogP contribution in [-0.4, -0.2) is 4.98 Å². The zero-order valence-corrected chi connectivity index (χ0v) is 11.4. The fourth-order valence-corrected chi connectivity index (χ4v) is 2.03. The Kier molecular flexibility index (Phi) is 3.86. The number of anilines is 2. The van der Waals surface area contributed by atoms with Crippen LogP contribution in [0.1, 0.15) is 0 Å². The topological polar surface area (TPSA) is 24.9 Å². The van der Waals surface area contributed by atoms with E-state index in [0.29, 0.717) is 11.5 Å². The highest BCUT2D eigenvalue weighted by molar-refractivity contribution is 9.10. The molecule has 1 N–H and O–H groups in total. The maximum atomic E-state index is 13.0. The Morgan fingerprint density at radius 3 is 2.35 bits per heavy atom. The minimum atomic E-state index is -0.477. The molecule has 0 radical (unpaired) electrons. The molecule has 17 heavy (non-hydrogen) atoms. The quantitative estimate of drug-likeness (QED) is 0.832. The van der Waals surface area contributed by atoms with Gasteiger partial charge in [0.05, 0.1) is 15.7 Å². The van der Waals surface area contributed by atoms with Crippen molar-refractivity contribution in [2.75, 3.05) is 5.32 Å². The smallest absolute Gasteiger partial charge is 0.130 e. The average Bonchev–Trinajstić information content (AvgIpc) is 2.26. The molecule has 0 bridgehead atoms. The summed E-state index contributed by atoms with van der Waals surface area (Å²) in [6.07, 6.45) is 1.63. The van der Waals surface area contributed by atoms with Gasteiger partial charge in [0.15, 0.2) is 0 Å². The van der Waals surface area contributed by atoms with Crippen LogP contribution in [0.15, 0.2) is 34.9 Å². The maximum absolute atomic E-state index is 13.0. The van der Waals surface area contributed by atoms with E-state index in [1.165, 1.54) is 12.1 Å². The van der Waals surface area contributed by atoms with Crippen LogP contribution in [0.3, 0.4) is 0 Å². The standard InChI is InChI=1S/C11H6BrCl2FN2/c12-6-1-2-10(16-5-6)17-11-8(13)3-7(15)4-9(11)14/h1-5H,(H,16,17). The summed E-state index contributed by atoms with van der Waals surface area (Å²) in [6.45, 7) is 0. The van der Waals surface area contributed by atoms with Gasteiger partial charge in [-0.15, -0.1) is 0 Å². The van der Waals surface area contributed by atoms with Crippen LogP contribution in [0.2, 0.25) is 10.0 Å². The third-order valence-corrected chi connectivity index (χ3v) is 3.05. The largest absolute Gasteiger partial charge is 0.338 e. The molecule has 2 nitrogen and oxygen atoms in total. The first-order valence-electron chi connectivity index (χ1n) is 4.59. The molecule has 0 fully saturated rings. The molecule has 0 saturated carbocycles. The van der Waals surface area contributed by atoms with Gasteiger partial charge >= 0.3 is 0 Å². The van der Waals surface area contributed by atoms with Crippen LogP contribution in [0, 0.1) is 5.82 Å². The minimum Gasteiger partial charge on any atom is -0.338 e. The number of rotatable bonds is 2. The molecule has 2 rings (SSSR count). The Bertz CT molecular complexity index is 523. The van der Waals surface area contributed by atoms with Crippen molar-refractivity contribution in [1.82, 2.24) is 4.98 Å². The molecule has 1 aromatic heterocycles. The van der Waals surface area contributed by atoms with E-state index in [4.69, 9.17) is 23.2 Å². The van der Waals surface area contributed by atoms with E-state index in [1.807, 2.05) is 6.07 Å². The predicted octanol–water partition coefficient (Wildman–Crippen LogP) is 5.03. The van der Waals surface area contributed by atoms with E-state index in [-0.39, 0.29) is 10.0 Å². The third-order valence-electron chi connectivity index (χ3n) is 1.99. The Morgan fingerprint density at radius 2 is 1.82 bits per heavy atom. The van der Waals surface area contributed by atoms with Gasteiger partial charge in [0.1, 0.15) is 11.6 Å². The van der Waals surface area contributed by atoms with Gasteiger partial charge in [0.25, 0.3) is 0 Å². The van der Waals surface area contributed by atoms with Gasteiger partial charge in [0.2, 0.25) is 0 Å². The number of aromatic nitrogens is 1. The first-order chi connectivity index (χ1) is 8.06. The monoisotopic (exact) mass is 334 g/mol. The molecule has 0 saturated heterocycles. The highest BCUT2D eigenvalue weighted by Gasteiger charge is 2.09. The zero-order chi connectivity index (χ0) is 12.4. The van der Waals surface area contributed by atoms with Gasteiger partial charge in [0, 0.05) is 10.7 Å². The Morgan fingerprint density at radius 1 is 1.18 bits per heavy atom. The van der Waals surface area contributed by atoms with Crippen LogP contribution < -0.4 is 5.32 Å². The second-order valence-electron chi connectivity index (χ2n) is 3.23. The summed E-state index contributed by atoms with van der Waals surface area (Å²) >= 11 is 15.1. The zero-order valence-electron chi connectivity index (χ0n) is 8.35. The molecule has 0 atom stereocenters. The summed E-state index contributed by atoms with van der Waals surface area (Å²) in [5, 5.41) is 3.35. The molecule has 0 unspecified atom stereocenters. The number of hydrogen-bond acceptors (Lipinski definition) is 2. The van der Waals surface area contributed by atoms with Crippen molar-refractivity contribution in [3.05, 3.63) is 50.8 Å². The van der Waals surface area contributed by atoms with Crippen LogP contribution >= 0.6 is 39.1 Å². The van der Waals surface area contributed by atoms with Gasteiger partial charge in [-0.25, -0.2) is 9.37 Å². The van der Waals surface area contributed by atoms with Gasteiger partial charge < -0.3 is 5.32 Å². The van der Waals surface area contributed by atoms with Crippen molar-refractivity contribution in [2.45, 2.75) is 0 Å². The fraction of sp³-hybridized carbons (Fsp3) is 0. The lowest BCUT2D eigenvalue weighted by Crippen LogP contribution is -1.95. The summed E-state index contributed by atoms with van der Waals surface area (Å²) in [5.74, 6) is 0.0953. The molecule has 1 heterocycles. The summed E-state index contributed by atoms with van der Waals surface area (Å²) in [7, 11) is 0. The maximum Gasteiger partial charge on any atom is 0.130 e. The lowest BCUT2D eigenvalue weighted by atomic mass is 10.3. The van der Waals surface area contributed by atoms with Crippen molar-refractivity contribution in [3.8, 4) is 0 Å². The number of hydrogen-bond donors (Lipinski definition) is 1. The van der Waals surface area contributed by atoms with Crippen LogP contribution in [0.5, 0.6) is 0 Å². The molecule has 0 spiro atoms. The van der Waals surface area contributed by atoms with E-state index in [1.54, 1.807) is 12.3 Å². The van der Waals surface area contributed by atoms with Gasteiger partial charge in [-0.05, 0) is 40.2 Å². The van der Waals surface area contributed by atoms with E-state index >= 15 is 0 Å². The molecule has 0 amide bonds. The fourth-order valence-electron chi connectivity index (χ4n) is 1.24. The van der Waals surface area contributed by atoms with Gasteiger partial charge in [-0.3, -0.25) is 0 Å². The van der Waals surface area contributed by atoms with Crippen molar-refractivity contribution in [2.24, 2.45) is 0 Å². The van der Waals surface area contributed by atoms with E-state index in [2.05, 4.69) is 26.2 Å². The van der Waals surface area contributed by atoms with Crippen molar-refractivity contribution >= 4 is 50.6 Å². The Hall–Kier alpha value is -0.840. The van der Waals surface area contributed by atoms with Crippen LogP contribution in [0.25, 0.3) is 0 Å². The highest BCUT2D eigenvalue weighted by Crippen LogP contribution is 2.33. The van der Waals surface area contributed by atoms with Crippen LogP contribution in [-0.2, 0) is 0 Å². The molecule has 2 aromatic rings. The van der Waals surface area contributed by atoms with E-state index in [0.717, 1.165) is 4.47 Å². The molecule has 0 aliphatic rings. The van der Waals surface area contributed by atoms with Crippen molar-refractivity contribution in [3.63, 3.8) is 0 Å². The Balaban J connectivity index is 2.33. The second kappa shape index (κ2) is 5.21. The van der Waals surface area contributed by atoms with E-state index < -0.39 is 5.82 Å². The Labute approximate surface area is 116 Å². The normalized spacial score (nSPS) is 10.4. The van der Waals surface area contributed by atoms with E-state index in [9.17, 15) is 4.39 Å². The average molecular weight is 336 g/mol. The number of nitrogens with zero attached hydrogens (tertiary/aromatic N) is 1. The molecular formula is C11H6BrCl2FN2. The predicted molar refractivity (Wildman–Crippen MR) is 71.6 cm³/mol. The third kappa shape index (κ3) is 3.09. The van der Waals surface area contributed by atoms with Crippen molar-refractivity contribution in [1.29, 1.82) is 0 Å².